The number of nitrogens with zero attached hydrogens (tertiary/aromatic N) is 1. The van der Waals surface area contributed by atoms with Crippen molar-refractivity contribution in [3.8, 4) is 0 Å². The normalized spacial score (nSPS) is 10.1. The van der Waals surface area contributed by atoms with E-state index in [9.17, 15) is 9.59 Å². The first-order valence-corrected chi connectivity index (χ1v) is 6.07. The van der Waals surface area contributed by atoms with E-state index in [1.165, 1.54) is 11.3 Å². The molecule has 0 spiro atoms. The number of benzene rings is 1. The molecule has 0 bridgehead atoms. The maximum Gasteiger partial charge on any atom is 0.257 e. The van der Waals surface area contributed by atoms with E-state index in [2.05, 4.69) is 10.3 Å². The van der Waals surface area contributed by atoms with Gasteiger partial charge in [-0.05, 0) is 30.7 Å². The van der Waals surface area contributed by atoms with E-state index in [-0.39, 0.29) is 5.91 Å². The van der Waals surface area contributed by atoms with Crippen LogP contribution in [0.25, 0.3) is 0 Å². The van der Waals surface area contributed by atoms with Gasteiger partial charge in [0.25, 0.3) is 5.91 Å². The van der Waals surface area contributed by atoms with Gasteiger partial charge in [0, 0.05) is 22.7 Å². The molecule has 1 aromatic carbocycles. The molecule has 0 radical (unpaired) electrons. The highest BCUT2D eigenvalue weighted by Gasteiger charge is 2.11. The third kappa shape index (κ3) is 2.54. The van der Waals surface area contributed by atoms with Crippen molar-refractivity contribution in [3.63, 3.8) is 0 Å². The molecule has 0 aliphatic rings. The van der Waals surface area contributed by atoms with Gasteiger partial charge in [-0.2, -0.15) is 0 Å². The summed E-state index contributed by atoms with van der Waals surface area (Å²) in [6.07, 6.45) is 1.61. The lowest BCUT2D eigenvalue weighted by Crippen LogP contribution is -2.15. The molecule has 0 aliphatic heterocycles. The van der Waals surface area contributed by atoms with E-state index in [4.69, 9.17) is 5.73 Å². The summed E-state index contributed by atoms with van der Waals surface area (Å²) < 4.78 is 0. The number of anilines is 1. The number of aryl methyl sites for hydroxylation is 1. The fourth-order valence-corrected chi connectivity index (χ4v) is 2.06. The third-order valence-electron chi connectivity index (χ3n) is 2.41. The SMILES string of the molecule is Cc1cc(C(=O)Nc2nccs2)ccc1C(N)=O. The minimum Gasteiger partial charge on any atom is -0.366 e. The largest absolute Gasteiger partial charge is 0.366 e. The van der Waals surface area contributed by atoms with Gasteiger partial charge in [-0.1, -0.05) is 0 Å². The van der Waals surface area contributed by atoms with E-state index >= 15 is 0 Å². The van der Waals surface area contributed by atoms with Crippen molar-refractivity contribution in [1.82, 2.24) is 4.98 Å². The summed E-state index contributed by atoms with van der Waals surface area (Å²) in [4.78, 5) is 26.9. The highest BCUT2D eigenvalue weighted by molar-refractivity contribution is 7.13. The second-order valence-electron chi connectivity index (χ2n) is 3.69. The number of thiazole rings is 1. The summed E-state index contributed by atoms with van der Waals surface area (Å²) in [5.41, 5.74) is 6.76. The molecule has 3 N–H and O–H groups in total. The fourth-order valence-electron chi connectivity index (χ4n) is 1.54. The van der Waals surface area contributed by atoms with Crippen molar-refractivity contribution in [2.24, 2.45) is 5.73 Å². The van der Waals surface area contributed by atoms with Gasteiger partial charge in [-0.15, -0.1) is 11.3 Å². The van der Waals surface area contributed by atoms with E-state index in [0.717, 1.165) is 0 Å². The lowest BCUT2D eigenvalue weighted by Gasteiger charge is -2.05. The molecule has 1 heterocycles. The quantitative estimate of drug-likeness (QED) is 0.883. The van der Waals surface area contributed by atoms with Crippen LogP contribution >= 0.6 is 11.3 Å². The van der Waals surface area contributed by atoms with Crippen LogP contribution in [-0.4, -0.2) is 16.8 Å². The van der Waals surface area contributed by atoms with Crippen LogP contribution < -0.4 is 11.1 Å². The van der Waals surface area contributed by atoms with Crippen LogP contribution in [0.4, 0.5) is 5.13 Å². The Hall–Kier alpha value is -2.21. The van der Waals surface area contributed by atoms with Gasteiger partial charge in [-0.25, -0.2) is 4.98 Å². The van der Waals surface area contributed by atoms with Crippen molar-refractivity contribution in [3.05, 3.63) is 46.5 Å². The van der Waals surface area contributed by atoms with Gasteiger partial charge in [0.2, 0.25) is 5.91 Å². The van der Waals surface area contributed by atoms with Crippen LogP contribution in [0.2, 0.25) is 0 Å². The maximum absolute atomic E-state index is 11.9. The molecule has 6 heteroatoms. The van der Waals surface area contributed by atoms with Crippen LogP contribution in [0.3, 0.4) is 0 Å². The molecule has 0 saturated carbocycles. The van der Waals surface area contributed by atoms with Crippen LogP contribution in [0.1, 0.15) is 26.3 Å². The average molecular weight is 261 g/mol. The number of rotatable bonds is 3. The van der Waals surface area contributed by atoms with E-state index < -0.39 is 5.91 Å². The number of nitrogens with one attached hydrogen (secondary N) is 1. The molecular formula is C12H11N3O2S. The van der Waals surface area contributed by atoms with Gasteiger partial charge in [-0.3, -0.25) is 14.9 Å². The summed E-state index contributed by atoms with van der Waals surface area (Å²) in [6.45, 7) is 1.74. The Morgan fingerprint density at radius 3 is 2.72 bits per heavy atom. The van der Waals surface area contributed by atoms with Crippen LogP contribution in [0, 0.1) is 6.92 Å². The van der Waals surface area contributed by atoms with Gasteiger partial charge in [0.1, 0.15) is 0 Å². The lowest BCUT2D eigenvalue weighted by atomic mass is 10.0. The molecule has 0 saturated heterocycles. The summed E-state index contributed by atoms with van der Waals surface area (Å²) in [7, 11) is 0. The first kappa shape index (κ1) is 12.3. The van der Waals surface area contributed by atoms with Crippen LogP contribution in [0.5, 0.6) is 0 Å². The second kappa shape index (κ2) is 4.97. The summed E-state index contributed by atoms with van der Waals surface area (Å²) in [6, 6.07) is 4.74. The lowest BCUT2D eigenvalue weighted by molar-refractivity contribution is 0.0994. The molecule has 2 rings (SSSR count). The van der Waals surface area contributed by atoms with E-state index in [1.54, 1.807) is 36.7 Å². The summed E-state index contributed by atoms with van der Waals surface area (Å²) >= 11 is 1.34. The molecule has 5 nitrogen and oxygen atoms in total. The first-order chi connectivity index (χ1) is 8.58. The summed E-state index contributed by atoms with van der Waals surface area (Å²) in [5.74, 6) is -0.761. The number of carbonyl (C=O) groups excluding carboxylic acids is 2. The molecule has 0 unspecified atom stereocenters. The topological polar surface area (TPSA) is 85.1 Å². The Bertz CT molecular complexity index is 593. The molecule has 0 atom stereocenters. The second-order valence-corrected chi connectivity index (χ2v) is 4.58. The summed E-state index contributed by atoms with van der Waals surface area (Å²) in [5, 5.41) is 4.98. The molecular weight excluding hydrogens is 250 g/mol. The minimum atomic E-state index is -0.501. The van der Waals surface area contributed by atoms with Gasteiger partial charge < -0.3 is 5.73 Å². The number of nitrogens with two attached hydrogens (primary N) is 1. The predicted molar refractivity (Wildman–Crippen MR) is 69.8 cm³/mol. The van der Waals surface area contributed by atoms with Crippen LogP contribution in [-0.2, 0) is 0 Å². The highest BCUT2D eigenvalue weighted by atomic mass is 32.1. The molecule has 18 heavy (non-hydrogen) atoms. The number of carbonyl (C=O) groups is 2. The Labute approximate surface area is 108 Å². The average Bonchev–Trinajstić information content (AvgIpc) is 2.81. The van der Waals surface area contributed by atoms with Crippen LogP contribution in [0.15, 0.2) is 29.8 Å². The number of hydrogen-bond donors (Lipinski definition) is 2. The third-order valence-corrected chi connectivity index (χ3v) is 3.10. The predicted octanol–water partition coefficient (Wildman–Crippen LogP) is 1.80. The standard InChI is InChI=1S/C12H11N3O2S/c1-7-6-8(2-3-9(7)10(13)16)11(17)15-12-14-4-5-18-12/h2-6H,1H3,(H2,13,16)(H,14,15,17). The molecule has 92 valence electrons. The minimum absolute atomic E-state index is 0.260. The zero-order valence-corrected chi connectivity index (χ0v) is 10.5. The molecule has 1 aromatic heterocycles. The van der Waals surface area contributed by atoms with Gasteiger partial charge in [0.05, 0.1) is 0 Å². The number of primary amides is 1. The van der Waals surface area contributed by atoms with Crippen molar-refractivity contribution in [2.75, 3.05) is 5.32 Å². The number of aromatic nitrogens is 1. The monoisotopic (exact) mass is 261 g/mol. The van der Waals surface area contributed by atoms with Crippen molar-refractivity contribution in [2.45, 2.75) is 6.92 Å². The maximum atomic E-state index is 11.9. The Morgan fingerprint density at radius 1 is 1.39 bits per heavy atom. The van der Waals surface area contributed by atoms with E-state index in [0.29, 0.717) is 21.8 Å². The molecule has 0 fully saturated rings. The highest BCUT2D eigenvalue weighted by Crippen LogP contribution is 2.15. The van der Waals surface area contributed by atoms with Gasteiger partial charge >= 0.3 is 0 Å². The van der Waals surface area contributed by atoms with Gasteiger partial charge in [0.15, 0.2) is 5.13 Å². The zero-order valence-electron chi connectivity index (χ0n) is 9.64. The zero-order chi connectivity index (χ0) is 13.1. The Morgan fingerprint density at radius 2 is 2.17 bits per heavy atom. The first-order valence-electron chi connectivity index (χ1n) is 5.19. The van der Waals surface area contributed by atoms with Crippen molar-refractivity contribution in [1.29, 1.82) is 0 Å². The Kier molecular flexibility index (Phi) is 3.38. The Balaban J connectivity index is 2.21. The molecule has 0 aliphatic carbocycles. The fraction of sp³-hybridized carbons (Fsp3) is 0.0833. The molecule has 2 aromatic rings. The van der Waals surface area contributed by atoms with Crippen molar-refractivity contribution < 1.29 is 9.59 Å². The number of hydrogen-bond acceptors (Lipinski definition) is 4. The van der Waals surface area contributed by atoms with Crippen molar-refractivity contribution >= 4 is 28.3 Å². The molecule has 2 amide bonds. The number of amides is 2. The van der Waals surface area contributed by atoms with E-state index in [1.807, 2.05) is 0 Å². The smallest absolute Gasteiger partial charge is 0.257 e.